The van der Waals surface area contributed by atoms with Gasteiger partial charge in [0.05, 0.1) is 48.0 Å². The van der Waals surface area contributed by atoms with E-state index in [1.807, 2.05) is 4.90 Å². The first kappa shape index (κ1) is 32.1. The molecule has 14 heteroatoms. The largest absolute Gasteiger partial charge is 0.416 e. The van der Waals surface area contributed by atoms with Gasteiger partial charge in [-0.25, -0.2) is 9.97 Å². The SMILES string of the molecule is FC(F)(F)c1cc(CN(Cc2cc(C(F)(F)F)ccc2-c2ccccc2)c2ncc(N3CCOCC3)cn2)cc(C(F)(F)F)c1. The number of hydrogen-bond acceptors (Lipinski definition) is 5. The van der Waals surface area contributed by atoms with Crippen molar-refractivity contribution in [1.82, 2.24) is 9.97 Å². The molecule has 0 N–H and O–H groups in total. The topological polar surface area (TPSA) is 41.5 Å². The van der Waals surface area contributed by atoms with Crippen LogP contribution in [-0.2, 0) is 36.4 Å². The number of anilines is 2. The summed E-state index contributed by atoms with van der Waals surface area (Å²) in [5.74, 6) is -0.102. The number of halogens is 9. The molecular weight excluding hydrogens is 615 g/mol. The minimum atomic E-state index is -5.08. The molecule has 1 aliphatic rings. The van der Waals surface area contributed by atoms with Crippen molar-refractivity contribution in [2.24, 2.45) is 0 Å². The van der Waals surface area contributed by atoms with Crippen molar-refractivity contribution in [3.8, 4) is 11.1 Å². The molecule has 0 atom stereocenters. The molecule has 0 amide bonds. The second-order valence-electron chi connectivity index (χ2n) is 10.3. The van der Waals surface area contributed by atoms with Gasteiger partial charge in [0, 0.05) is 26.2 Å². The Bertz CT molecular complexity index is 1570. The summed E-state index contributed by atoms with van der Waals surface area (Å²) in [4.78, 5) is 11.8. The van der Waals surface area contributed by atoms with Gasteiger partial charge in [-0.05, 0) is 52.6 Å². The monoisotopic (exact) mass is 640 g/mol. The van der Waals surface area contributed by atoms with E-state index in [4.69, 9.17) is 4.74 Å². The van der Waals surface area contributed by atoms with Gasteiger partial charge in [-0.1, -0.05) is 36.4 Å². The molecule has 0 unspecified atom stereocenters. The van der Waals surface area contributed by atoms with Gasteiger partial charge < -0.3 is 14.5 Å². The Morgan fingerprint density at radius 3 is 1.80 bits per heavy atom. The fourth-order valence-electron chi connectivity index (χ4n) is 5.00. The van der Waals surface area contributed by atoms with Gasteiger partial charge in [-0.2, -0.15) is 39.5 Å². The third kappa shape index (κ3) is 7.85. The highest BCUT2D eigenvalue weighted by Gasteiger charge is 2.37. The molecule has 3 aromatic carbocycles. The highest BCUT2D eigenvalue weighted by atomic mass is 19.4. The summed E-state index contributed by atoms with van der Waals surface area (Å²) in [6, 6.07) is 12.7. The van der Waals surface area contributed by atoms with Crippen molar-refractivity contribution >= 4 is 11.6 Å². The molecule has 238 valence electrons. The van der Waals surface area contributed by atoms with Gasteiger partial charge in [0.25, 0.3) is 0 Å². The number of hydrogen-bond donors (Lipinski definition) is 0. The average molecular weight is 641 g/mol. The highest BCUT2D eigenvalue weighted by molar-refractivity contribution is 5.68. The van der Waals surface area contributed by atoms with Crippen LogP contribution in [0.5, 0.6) is 0 Å². The Morgan fingerprint density at radius 1 is 0.667 bits per heavy atom. The summed E-state index contributed by atoms with van der Waals surface area (Å²) < 4.78 is 128. The Kier molecular flexibility index (Phi) is 8.97. The first-order valence-corrected chi connectivity index (χ1v) is 13.6. The zero-order chi connectivity index (χ0) is 32.4. The molecule has 1 aliphatic heterocycles. The van der Waals surface area contributed by atoms with Crippen LogP contribution in [0, 0.1) is 0 Å². The van der Waals surface area contributed by atoms with Crippen LogP contribution in [0.4, 0.5) is 51.1 Å². The lowest BCUT2D eigenvalue weighted by molar-refractivity contribution is -0.143. The number of rotatable bonds is 7. The van der Waals surface area contributed by atoms with E-state index >= 15 is 0 Å². The van der Waals surface area contributed by atoms with Crippen molar-refractivity contribution in [2.75, 3.05) is 36.1 Å². The molecule has 4 aromatic rings. The van der Waals surface area contributed by atoms with Crippen molar-refractivity contribution < 1.29 is 44.3 Å². The molecule has 0 aliphatic carbocycles. The van der Waals surface area contributed by atoms with Crippen LogP contribution in [0.15, 0.2) is 79.1 Å². The molecule has 5 nitrogen and oxygen atoms in total. The third-order valence-electron chi connectivity index (χ3n) is 7.18. The van der Waals surface area contributed by atoms with E-state index in [0.29, 0.717) is 55.3 Å². The summed E-state index contributed by atoms with van der Waals surface area (Å²) in [5, 5.41) is 0. The zero-order valence-electron chi connectivity index (χ0n) is 23.3. The minimum Gasteiger partial charge on any atom is -0.378 e. The lowest BCUT2D eigenvalue weighted by atomic mass is 9.96. The van der Waals surface area contributed by atoms with E-state index in [0.717, 1.165) is 12.1 Å². The highest BCUT2D eigenvalue weighted by Crippen LogP contribution is 2.38. The summed E-state index contributed by atoms with van der Waals surface area (Å²) >= 11 is 0. The minimum absolute atomic E-state index is 0.0157. The van der Waals surface area contributed by atoms with E-state index in [-0.39, 0.29) is 29.7 Å². The maximum Gasteiger partial charge on any atom is 0.416 e. The number of aromatic nitrogens is 2. The summed E-state index contributed by atoms with van der Waals surface area (Å²) in [6.07, 6.45) is -12.0. The van der Waals surface area contributed by atoms with E-state index in [2.05, 4.69) is 9.97 Å². The van der Waals surface area contributed by atoms with Crippen LogP contribution in [-0.4, -0.2) is 36.3 Å². The van der Waals surface area contributed by atoms with E-state index < -0.39 is 41.8 Å². The molecule has 0 spiro atoms. The van der Waals surface area contributed by atoms with E-state index in [1.54, 1.807) is 30.3 Å². The predicted octanol–water partition coefficient (Wildman–Crippen LogP) is 8.24. The lowest BCUT2D eigenvalue weighted by Crippen LogP contribution is -2.36. The third-order valence-corrected chi connectivity index (χ3v) is 7.18. The Balaban J connectivity index is 1.60. The van der Waals surface area contributed by atoms with Crippen LogP contribution >= 0.6 is 0 Å². The van der Waals surface area contributed by atoms with Crippen molar-refractivity contribution in [3.05, 3.63) is 107 Å². The molecule has 45 heavy (non-hydrogen) atoms. The second-order valence-corrected chi connectivity index (χ2v) is 10.3. The molecular formula is C31H25F9N4O. The van der Waals surface area contributed by atoms with E-state index in [1.165, 1.54) is 23.4 Å². The summed E-state index contributed by atoms with van der Waals surface area (Å²) in [5.41, 5.74) is -2.73. The number of nitrogens with zero attached hydrogens (tertiary/aromatic N) is 4. The number of ether oxygens (including phenoxy) is 1. The standard InChI is InChI=1S/C31H25F9N4O/c32-29(33,34)23-6-7-27(21-4-2-1-3-5-21)22(14-23)19-44(28-41-16-26(17-42-28)43-8-10-45-11-9-43)18-20-12-24(30(35,36)37)15-25(13-20)31(38,39)40/h1-7,12-17H,8-11,18-19H2. The first-order chi connectivity index (χ1) is 21.2. The van der Waals surface area contributed by atoms with Gasteiger partial charge in [0.1, 0.15) is 0 Å². The molecule has 1 saturated heterocycles. The lowest BCUT2D eigenvalue weighted by Gasteiger charge is -2.29. The van der Waals surface area contributed by atoms with Crippen LogP contribution in [0.25, 0.3) is 11.1 Å². The Morgan fingerprint density at radius 2 is 1.24 bits per heavy atom. The summed E-state index contributed by atoms with van der Waals surface area (Å²) in [6.45, 7) is 1.06. The van der Waals surface area contributed by atoms with Crippen LogP contribution in [0.2, 0.25) is 0 Å². The fraction of sp³-hybridized carbons (Fsp3) is 0.290. The number of alkyl halides is 9. The van der Waals surface area contributed by atoms with Crippen molar-refractivity contribution in [1.29, 1.82) is 0 Å². The maximum absolute atomic E-state index is 13.8. The molecule has 1 aromatic heterocycles. The van der Waals surface area contributed by atoms with Crippen LogP contribution < -0.4 is 9.80 Å². The average Bonchev–Trinajstić information content (AvgIpc) is 3.00. The quantitative estimate of drug-likeness (QED) is 0.191. The smallest absolute Gasteiger partial charge is 0.378 e. The molecule has 1 fully saturated rings. The Labute approximate surface area is 251 Å². The molecule has 5 rings (SSSR count). The molecule has 0 saturated carbocycles. The summed E-state index contributed by atoms with van der Waals surface area (Å²) in [7, 11) is 0. The van der Waals surface area contributed by atoms with Crippen molar-refractivity contribution in [2.45, 2.75) is 31.6 Å². The number of benzene rings is 3. The van der Waals surface area contributed by atoms with Crippen LogP contribution in [0.1, 0.15) is 27.8 Å². The van der Waals surface area contributed by atoms with Crippen molar-refractivity contribution in [3.63, 3.8) is 0 Å². The van der Waals surface area contributed by atoms with Gasteiger partial charge in [-0.15, -0.1) is 0 Å². The molecule has 0 radical (unpaired) electrons. The van der Waals surface area contributed by atoms with Gasteiger partial charge in [0.2, 0.25) is 5.95 Å². The molecule has 0 bridgehead atoms. The normalized spacial score (nSPS) is 14.5. The van der Waals surface area contributed by atoms with Gasteiger partial charge in [0.15, 0.2) is 0 Å². The zero-order valence-corrected chi connectivity index (χ0v) is 23.3. The van der Waals surface area contributed by atoms with E-state index in [9.17, 15) is 39.5 Å². The first-order valence-electron chi connectivity index (χ1n) is 13.6. The van der Waals surface area contributed by atoms with Crippen LogP contribution in [0.3, 0.4) is 0 Å². The van der Waals surface area contributed by atoms with Gasteiger partial charge >= 0.3 is 18.5 Å². The number of morpholine rings is 1. The predicted molar refractivity (Wildman–Crippen MR) is 148 cm³/mol. The second kappa shape index (κ2) is 12.6. The fourth-order valence-corrected chi connectivity index (χ4v) is 5.00. The molecule has 2 heterocycles. The maximum atomic E-state index is 13.8. The van der Waals surface area contributed by atoms with Gasteiger partial charge in [-0.3, -0.25) is 0 Å². The Hall–Kier alpha value is -4.33.